The minimum Gasteiger partial charge on any atom is -0.490 e. The third-order valence-corrected chi connectivity index (χ3v) is 9.02. The molecule has 1 saturated heterocycles. The molecule has 5 heteroatoms. The zero-order chi connectivity index (χ0) is 31.1. The van der Waals surface area contributed by atoms with Crippen LogP contribution in [-0.2, 0) is 4.74 Å². The van der Waals surface area contributed by atoms with E-state index in [9.17, 15) is 4.39 Å². The van der Waals surface area contributed by atoms with Gasteiger partial charge in [0.2, 0.25) is 5.82 Å². The van der Waals surface area contributed by atoms with Gasteiger partial charge in [0, 0.05) is 11.5 Å². The number of benzene rings is 3. The van der Waals surface area contributed by atoms with Crippen LogP contribution in [0, 0.1) is 17.5 Å². The Balaban J connectivity index is 1.29. The van der Waals surface area contributed by atoms with Crippen molar-refractivity contribution < 1.29 is 22.6 Å². The maximum atomic E-state index is 15.3. The lowest BCUT2D eigenvalue weighted by Crippen LogP contribution is -2.25. The monoisotopic (exact) mass is 608 g/mol. The summed E-state index contributed by atoms with van der Waals surface area (Å²) in [6.07, 6.45) is 17.6. The Morgan fingerprint density at radius 1 is 0.659 bits per heavy atom. The number of hydrogen-bond donors (Lipinski definition) is 0. The molecule has 1 fully saturated rings. The molecule has 240 valence electrons. The van der Waals surface area contributed by atoms with Crippen molar-refractivity contribution in [3.05, 3.63) is 77.6 Å². The number of hydrogen-bond acceptors (Lipinski definition) is 2. The van der Waals surface area contributed by atoms with Crippen molar-refractivity contribution in [3.63, 3.8) is 0 Å². The van der Waals surface area contributed by atoms with Crippen LogP contribution in [0.2, 0.25) is 0 Å². The maximum absolute atomic E-state index is 15.3. The molecule has 44 heavy (non-hydrogen) atoms. The first-order valence-corrected chi connectivity index (χ1v) is 17.1. The van der Waals surface area contributed by atoms with Crippen molar-refractivity contribution in [2.75, 3.05) is 13.2 Å². The van der Waals surface area contributed by atoms with E-state index in [1.807, 2.05) is 24.3 Å². The molecule has 0 saturated carbocycles. The lowest BCUT2D eigenvalue weighted by atomic mass is 9.88. The van der Waals surface area contributed by atoms with Crippen molar-refractivity contribution in [1.29, 1.82) is 0 Å². The number of unbranched alkanes of at least 4 members (excludes halogenated alkanes) is 10. The molecule has 1 aliphatic rings. The zero-order valence-electron chi connectivity index (χ0n) is 26.8. The summed E-state index contributed by atoms with van der Waals surface area (Å²) >= 11 is 0. The van der Waals surface area contributed by atoms with Gasteiger partial charge in [-0.1, -0.05) is 121 Å². The van der Waals surface area contributed by atoms with Gasteiger partial charge in [0.15, 0.2) is 11.6 Å². The highest BCUT2D eigenvalue weighted by atomic mass is 19.2. The Kier molecular flexibility index (Phi) is 14.1. The van der Waals surface area contributed by atoms with Gasteiger partial charge in [-0.3, -0.25) is 0 Å². The van der Waals surface area contributed by atoms with Crippen LogP contribution in [0.4, 0.5) is 13.2 Å². The maximum Gasteiger partial charge on any atom is 0.201 e. The third kappa shape index (κ3) is 9.86. The quantitative estimate of drug-likeness (QED) is 0.134. The molecule has 0 bridgehead atoms. The highest BCUT2D eigenvalue weighted by molar-refractivity contribution is 5.71. The topological polar surface area (TPSA) is 18.5 Å². The van der Waals surface area contributed by atoms with Crippen molar-refractivity contribution in [2.24, 2.45) is 0 Å². The summed E-state index contributed by atoms with van der Waals surface area (Å²) in [5, 5.41) is 0. The standard InChI is InChI=1S/C39H51F3O2/c1-3-5-7-9-10-12-14-26-43-37-25-24-35(38(41)39(37)42)30-18-16-29(17-19-30)31-21-23-34(36(40)27-31)32-20-22-33(44-28-32)15-13-11-8-6-4-2/h16-19,21,23-25,27,32-33H,3-15,20,22,26,28H2,1-2H3. The molecule has 2 atom stereocenters. The first-order valence-electron chi connectivity index (χ1n) is 17.1. The molecule has 2 nitrogen and oxygen atoms in total. The number of ether oxygens (including phenoxy) is 2. The molecule has 0 aromatic heterocycles. The van der Waals surface area contributed by atoms with Gasteiger partial charge in [-0.25, -0.2) is 8.78 Å². The van der Waals surface area contributed by atoms with E-state index in [1.165, 1.54) is 63.9 Å². The molecule has 0 aliphatic carbocycles. The largest absolute Gasteiger partial charge is 0.490 e. The minimum absolute atomic E-state index is 0.0503. The second-order valence-corrected chi connectivity index (χ2v) is 12.5. The summed E-state index contributed by atoms with van der Waals surface area (Å²) in [4.78, 5) is 0. The molecule has 1 aliphatic heterocycles. The second kappa shape index (κ2) is 18.2. The smallest absolute Gasteiger partial charge is 0.201 e. The van der Waals surface area contributed by atoms with Crippen LogP contribution in [0.15, 0.2) is 54.6 Å². The van der Waals surface area contributed by atoms with Gasteiger partial charge in [-0.15, -0.1) is 0 Å². The molecule has 3 aromatic rings. The summed E-state index contributed by atoms with van der Waals surface area (Å²) in [7, 11) is 0. The van der Waals surface area contributed by atoms with Crippen molar-refractivity contribution in [3.8, 4) is 28.0 Å². The van der Waals surface area contributed by atoms with Crippen LogP contribution in [-0.4, -0.2) is 19.3 Å². The Hall–Kier alpha value is -2.79. The van der Waals surface area contributed by atoms with E-state index in [0.717, 1.165) is 49.7 Å². The molecule has 3 aromatic carbocycles. The fourth-order valence-electron chi connectivity index (χ4n) is 6.24. The first kappa shape index (κ1) is 34.1. The van der Waals surface area contributed by atoms with Gasteiger partial charge in [-0.05, 0) is 66.1 Å². The average molecular weight is 609 g/mol. The molecule has 0 radical (unpaired) electrons. The average Bonchev–Trinajstić information content (AvgIpc) is 3.04. The molecule has 4 rings (SSSR count). The van der Waals surface area contributed by atoms with Gasteiger partial charge in [0.1, 0.15) is 5.82 Å². The highest BCUT2D eigenvalue weighted by Gasteiger charge is 2.25. The van der Waals surface area contributed by atoms with E-state index in [1.54, 1.807) is 24.3 Å². The normalized spacial score (nSPS) is 16.8. The fourth-order valence-corrected chi connectivity index (χ4v) is 6.24. The lowest BCUT2D eigenvalue weighted by molar-refractivity contribution is -0.00273. The zero-order valence-corrected chi connectivity index (χ0v) is 26.8. The summed E-state index contributed by atoms with van der Waals surface area (Å²) in [6, 6.07) is 15.6. The van der Waals surface area contributed by atoms with Crippen LogP contribution in [0.5, 0.6) is 5.75 Å². The fraction of sp³-hybridized carbons (Fsp3) is 0.538. The van der Waals surface area contributed by atoms with Gasteiger partial charge in [0.25, 0.3) is 0 Å². The van der Waals surface area contributed by atoms with Gasteiger partial charge < -0.3 is 9.47 Å². The Morgan fingerprint density at radius 3 is 1.95 bits per heavy atom. The molecule has 0 spiro atoms. The van der Waals surface area contributed by atoms with Crippen LogP contribution in [0.3, 0.4) is 0 Å². The molecule has 0 N–H and O–H groups in total. The van der Waals surface area contributed by atoms with E-state index in [2.05, 4.69) is 13.8 Å². The van der Waals surface area contributed by atoms with Crippen LogP contribution in [0.1, 0.15) is 122 Å². The van der Waals surface area contributed by atoms with Crippen LogP contribution >= 0.6 is 0 Å². The predicted octanol–water partition coefficient (Wildman–Crippen LogP) is 12.2. The van der Waals surface area contributed by atoms with E-state index in [4.69, 9.17) is 9.47 Å². The van der Waals surface area contributed by atoms with Crippen LogP contribution < -0.4 is 4.74 Å². The number of rotatable bonds is 18. The first-order chi connectivity index (χ1) is 21.5. The molecular weight excluding hydrogens is 557 g/mol. The molecular formula is C39H51F3O2. The van der Waals surface area contributed by atoms with Crippen molar-refractivity contribution >= 4 is 0 Å². The molecule has 1 heterocycles. The molecule has 0 amide bonds. The summed E-state index contributed by atoms with van der Waals surface area (Å²) in [5.74, 6) is -2.08. The third-order valence-electron chi connectivity index (χ3n) is 9.02. The van der Waals surface area contributed by atoms with Gasteiger partial charge >= 0.3 is 0 Å². The SMILES string of the molecule is CCCCCCCCCOc1ccc(-c2ccc(-c3ccc(C4CCC(CCCCCCC)OC4)c(F)c3)cc2)c(F)c1F. The van der Waals surface area contributed by atoms with Crippen molar-refractivity contribution in [2.45, 2.75) is 122 Å². The Labute approximate surface area is 263 Å². The predicted molar refractivity (Wildman–Crippen MR) is 176 cm³/mol. The molecule has 2 unspecified atom stereocenters. The van der Waals surface area contributed by atoms with E-state index in [0.29, 0.717) is 30.4 Å². The Bertz CT molecular complexity index is 1270. The minimum atomic E-state index is -0.961. The summed E-state index contributed by atoms with van der Waals surface area (Å²) in [5.41, 5.74) is 3.01. The number of halogens is 3. The lowest BCUT2D eigenvalue weighted by Gasteiger charge is -2.29. The van der Waals surface area contributed by atoms with Crippen molar-refractivity contribution in [1.82, 2.24) is 0 Å². The van der Waals surface area contributed by atoms with Gasteiger partial charge in [-0.2, -0.15) is 4.39 Å². The van der Waals surface area contributed by atoms with E-state index in [-0.39, 0.29) is 23.0 Å². The highest BCUT2D eigenvalue weighted by Crippen LogP contribution is 2.35. The summed E-state index contributed by atoms with van der Waals surface area (Å²) in [6.45, 7) is 5.37. The second-order valence-electron chi connectivity index (χ2n) is 12.5. The van der Waals surface area contributed by atoms with E-state index < -0.39 is 11.6 Å². The van der Waals surface area contributed by atoms with Crippen LogP contribution in [0.25, 0.3) is 22.3 Å². The Morgan fingerprint density at radius 2 is 1.30 bits per heavy atom. The van der Waals surface area contributed by atoms with Gasteiger partial charge in [0.05, 0.1) is 19.3 Å². The van der Waals surface area contributed by atoms with E-state index >= 15 is 8.78 Å². The summed E-state index contributed by atoms with van der Waals surface area (Å²) < 4.78 is 56.7.